The molecule has 192 valence electrons. The quantitative estimate of drug-likeness (QED) is 0.178. The maximum absolute atomic E-state index is 14.3. The molecule has 0 bridgehead atoms. The molecular formula is C27H30N6O4. The van der Waals surface area contributed by atoms with Gasteiger partial charge in [0.05, 0.1) is 5.92 Å². The van der Waals surface area contributed by atoms with Gasteiger partial charge in [-0.2, -0.15) is 0 Å². The van der Waals surface area contributed by atoms with Crippen molar-refractivity contribution < 1.29 is 19.5 Å². The van der Waals surface area contributed by atoms with Crippen LogP contribution in [0.5, 0.6) is 0 Å². The third-order valence-corrected chi connectivity index (χ3v) is 5.74. The van der Waals surface area contributed by atoms with Gasteiger partial charge in [0.2, 0.25) is 5.91 Å². The molecule has 3 rings (SSSR count). The average Bonchev–Trinajstić information content (AvgIpc) is 2.89. The summed E-state index contributed by atoms with van der Waals surface area (Å²) in [5.74, 6) is -1.97. The van der Waals surface area contributed by atoms with Crippen LogP contribution < -0.4 is 16.8 Å². The number of nitrogens with zero attached hydrogens (tertiary/aromatic N) is 3. The van der Waals surface area contributed by atoms with Crippen molar-refractivity contribution in [1.29, 1.82) is 0 Å². The lowest BCUT2D eigenvalue weighted by atomic mass is 9.89. The van der Waals surface area contributed by atoms with Crippen molar-refractivity contribution in [3.8, 4) is 0 Å². The summed E-state index contributed by atoms with van der Waals surface area (Å²) in [4.78, 5) is 48.2. The van der Waals surface area contributed by atoms with Crippen molar-refractivity contribution >= 4 is 23.9 Å². The topological polar surface area (TPSA) is 164 Å². The number of amides is 3. The van der Waals surface area contributed by atoms with E-state index in [1.165, 1.54) is 4.90 Å². The Balaban J connectivity index is 2.06. The minimum atomic E-state index is -1.50. The fourth-order valence-corrected chi connectivity index (χ4v) is 4.07. The van der Waals surface area contributed by atoms with Gasteiger partial charge in [-0.3, -0.25) is 24.9 Å². The van der Waals surface area contributed by atoms with Crippen LogP contribution in [0.4, 0.5) is 4.79 Å². The van der Waals surface area contributed by atoms with Crippen LogP contribution in [0.25, 0.3) is 0 Å². The van der Waals surface area contributed by atoms with Crippen LogP contribution >= 0.6 is 0 Å². The number of carboxylic acid groups (broad SMARTS) is 1. The van der Waals surface area contributed by atoms with E-state index in [0.29, 0.717) is 6.42 Å². The summed E-state index contributed by atoms with van der Waals surface area (Å²) in [7, 11) is 0. The second-order valence-electron chi connectivity index (χ2n) is 8.33. The number of nitrogens with two attached hydrogens (primary N) is 2. The van der Waals surface area contributed by atoms with Gasteiger partial charge in [0, 0.05) is 25.5 Å². The molecular weight excluding hydrogens is 472 g/mol. The molecule has 1 heterocycles. The highest BCUT2D eigenvalue weighted by Crippen LogP contribution is 2.29. The summed E-state index contributed by atoms with van der Waals surface area (Å²) in [6, 6.07) is 20.9. The second kappa shape index (κ2) is 13.4. The van der Waals surface area contributed by atoms with E-state index in [-0.39, 0.29) is 31.4 Å². The Morgan fingerprint density at radius 2 is 1.49 bits per heavy atom. The van der Waals surface area contributed by atoms with Gasteiger partial charge in [0.15, 0.2) is 5.96 Å². The highest BCUT2D eigenvalue weighted by molar-refractivity contribution is 5.97. The zero-order valence-corrected chi connectivity index (χ0v) is 20.2. The third-order valence-electron chi connectivity index (χ3n) is 5.74. The molecule has 10 heteroatoms. The zero-order chi connectivity index (χ0) is 26.6. The van der Waals surface area contributed by atoms with E-state index in [9.17, 15) is 19.5 Å². The molecule has 3 aromatic rings. The number of aromatic nitrogens is 1. The van der Waals surface area contributed by atoms with Gasteiger partial charge < -0.3 is 21.5 Å². The van der Waals surface area contributed by atoms with Crippen molar-refractivity contribution in [3.63, 3.8) is 0 Å². The summed E-state index contributed by atoms with van der Waals surface area (Å²) in [5.41, 5.74) is 13.1. The van der Waals surface area contributed by atoms with Gasteiger partial charge in [-0.25, -0.2) is 4.79 Å². The molecule has 1 atom stereocenters. The SMILES string of the molecule is NC(N)=NCCC[C@H](C(=O)NC(=O)O)N(Cc1ccncc1)C(=O)C(c1ccccc1)c1ccccc1. The van der Waals surface area contributed by atoms with E-state index in [0.717, 1.165) is 16.7 Å². The monoisotopic (exact) mass is 502 g/mol. The Morgan fingerprint density at radius 1 is 0.919 bits per heavy atom. The summed E-state index contributed by atoms with van der Waals surface area (Å²) >= 11 is 0. The largest absolute Gasteiger partial charge is 0.465 e. The molecule has 0 radical (unpaired) electrons. The van der Waals surface area contributed by atoms with Crippen molar-refractivity contribution in [2.24, 2.45) is 16.5 Å². The van der Waals surface area contributed by atoms with Gasteiger partial charge in [-0.1, -0.05) is 60.7 Å². The van der Waals surface area contributed by atoms with Gasteiger partial charge in [0.25, 0.3) is 5.91 Å². The first-order chi connectivity index (χ1) is 17.9. The van der Waals surface area contributed by atoms with E-state index in [1.54, 1.807) is 24.5 Å². The number of nitrogens with one attached hydrogen (secondary N) is 1. The van der Waals surface area contributed by atoms with Crippen LogP contribution in [0, 0.1) is 0 Å². The normalized spacial score (nSPS) is 11.4. The van der Waals surface area contributed by atoms with E-state index in [2.05, 4.69) is 9.98 Å². The number of carbonyl (C=O) groups is 3. The number of pyridine rings is 1. The molecule has 3 amide bonds. The molecule has 0 saturated carbocycles. The lowest BCUT2D eigenvalue weighted by Gasteiger charge is -2.34. The van der Waals surface area contributed by atoms with Gasteiger partial charge in [0.1, 0.15) is 6.04 Å². The van der Waals surface area contributed by atoms with Crippen molar-refractivity contribution in [3.05, 3.63) is 102 Å². The van der Waals surface area contributed by atoms with E-state index < -0.39 is 24.0 Å². The molecule has 0 unspecified atom stereocenters. The smallest absolute Gasteiger partial charge is 0.411 e. The first-order valence-corrected chi connectivity index (χ1v) is 11.7. The Hall–Kier alpha value is -4.73. The van der Waals surface area contributed by atoms with E-state index >= 15 is 0 Å². The minimum Gasteiger partial charge on any atom is -0.465 e. The standard InChI is InChI=1S/C27H30N6O4/c28-26(29)31-15-7-12-22(24(34)32-27(36)37)33(18-19-13-16-30-17-14-19)25(35)23(20-8-3-1-4-9-20)21-10-5-2-6-11-21/h1-6,8-11,13-14,16-17,22-23H,7,12,15,18H2,(H,32,34)(H,36,37)(H4,28,29,31)/t22-/m1/s1. The summed E-state index contributed by atoms with van der Waals surface area (Å²) < 4.78 is 0. The number of benzene rings is 2. The molecule has 0 aliphatic heterocycles. The maximum Gasteiger partial charge on any atom is 0.411 e. The van der Waals surface area contributed by atoms with E-state index in [1.807, 2.05) is 66.0 Å². The van der Waals surface area contributed by atoms with Crippen LogP contribution in [0.2, 0.25) is 0 Å². The molecule has 0 aliphatic rings. The molecule has 0 aliphatic carbocycles. The average molecular weight is 503 g/mol. The molecule has 0 saturated heterocycles. The maximum atomic E-state index is 14.3. The lowest BCUT2D eigenvalue weighted by molar-refractivity contribution is -0.141. The van der Waals surface area contributed by atoms with Crippen molar-refractivity contribution in [2.75, 3.05) is 6.54 Å². The number of carbonyl (C=O) groups excluding carboxylic acids is 2. The Kier molecular flexibility index (Phi) is 9.72. The van der Waals surface area contributed by atoms with Crippen LogP contribution in [-0.2, 0) is 16.1 Å². The predicted octanol–water partition coefficient (Wildman–Crippen LogP) is 2.46. The second-order valence-corrected chi connectivity index (χ2v) is 8.33. The molecule has 2 aromatic carbocycles. The number of rotatable bonds is 11. The lowest BCUT2D eigenvalue weighted by Crippen LogP contribution is -2.51. The van der Waals surface area contributed by atoms with Crippen LogP contribution in [-0.4, -0.2) is 51.4 Å². The molecule has 0 fully saturated rings. The highest BCUT2D eigenvalue weighted by atomic mass is 16.4. The Morgan fingerprint density at radius 3 is 2.00 bits per heavy atom. The highest BCUT2D eigenvalue weighted by Gasteiger charge is 2.35. The Labute approximate surface area is 215 Å². The number of hydrogen-bond acceptors (Lipinski definition) is 5. The Bertz CT molecular complexity index is 1160. The van der Waals surface area contributed by atoms with Gasteiger partial charge in [-0.05, 0) is 41.7 Å². The minimum absolute atomic E-state index is 0.0670. The zero-order valence-electron chi connectivity index (χ0n) is 20.2. The van der Waals surface area contributed by atoms with Crippen molar-refractivity contribution in [1.82, 2.24) is 15.2 Å². The van der Waals surface area contributed by atoms with Gasteiger partial charge in [-0.15, -0.1) is 0 Å². The van der Waals surface area contributed by atoms with Crippen molar-refractivity contribution in [2.45, 2.75) is 31.3 Å². The van der Waals surface area contributed by atoms with Gasteiger partial charge >= 0.3 is 6.09 Å². The number of hydrogen-bond donors (Lipinski definition) is 4. The molecule has 1 aromatic heterocycles. The third kappa shape index (κ3) is 7.89. The van der Waals surface area contributed by atoms with Crippen LogP contribution in [0.1, 0.15) is 35.4 Å². The summed E-state index contributed by atoms with van der Waals surface area (Å²) in [5, 5.41) is 11.2. The van der Waals surface area contributed by atoms with Crippen LogP contribution in [0.15, 0.2) is 90.2 Å². The first kappa shape index (κ1) is 26.9. The molecule has 37 heavy (non-hydrogen) atoms. The molecule has 6 N–H and O–H groups in total. The number of imide groups is 1. The predicted molar refractivity (Wildman–Crippen MR) is 139 cm³/mol. The van der Waals surface area contributed by atoms with Crippen LogP contribution in [0.3, 0.4) is 0 Å². The van der Waals surface area contributed by atoms with E-state index in [4.69, 9.17) is 11.5 Å². The molecule has 0 spiro atoms. The fraction of sp³-hybridized carbons (Fsp3) is 0.222. The summed E-state index contributed by atoms with van der Waals surface area (Å²) in [6.07, 6.45) is 2.17. The fourth-order valence-electron chi connectivity index (χ4n) is 4.07. The summed E-state index contributed by atoms with van der Waals surface area (Å²) in [6.45, 7) is 0.287. The first-order valence-electron chi connectivity index (χ1n) is 11.7. The number of aliphatic imine (C=N–C) groups is 1. The number of guanidine groups is 1. The molecule has 10 nitrogen and oxygen atoms in total.